The van der Waals surface area contributed by atoms with Crippen LogP contribution in [0.15, 0.2) is 54.6 Å². The van der Waals surface area contributed by atoms with Crippen LogP contribution in [-0.4, -0.2) is 19.1 Å². The second-order valence-electron chi connectivity index (χ2n) is 4.52. The van der Waals surface area contributed by atoms with Crippen LogP contribution < -0.4 is 14.8 Å². The minimum atomic E-state index is -0.568. The molecule has 0 saturated carbocycles. The third kappa shape index (κ3) is 3.99. The molecular formula is C17H19NO3. The van der Waals surface area contributed by atoms with Gasteiger partial charge in [-0.25, -0.2) is 0 Å². The maximum atomic E-state index is 12.3. The van der Waals surface area contributed by atoms with E-state index in [9.17, 15) is 4.79 Å². The highest BCUT2D eigenvalue weighted by Gasteiger charge is 2.19. The van der Waals surface area contributed by atoms with E-state index in [1.807, 2.05) is 49.4 Å². The van der Waals surface area contributed by atoms with Gasteiger partial charge in [-0.15, -0.1) is 0 Å². The normalized spacial score (nSPS) is 11.5. The van der Waals surface area contributed by atoms with Crippen molar-refractivity contribution >= 4 is 11.6 Å². The molecule has 0 saturated heterocycles. The topological polar surface area (TPSA) is 47.6 Å². The maximum absolute atomic E-state index is 12.3. The van der Waals surface area contributed by atoms with Crippen LogP contribution in [0.1, 0.15) is 13.3 Å². The fourth-order valence-electron chi connectivity index (χ4n) is 1.94. The van der Waals surface area contributed by atoms with Crippen LogP contribution in [0.5, 0.6) is 11.5 Å². The number of rotatable bonds is 6. The molecule has 2 aromatic carbocycles. The van der Waals surface area contributed by atoms with E-state index >= 15 is 0 Å². The van der Waals surface area contributed by atoms with Crippen LogP contribution in [0.25, 0.3) is 0 Å². The van der Waals surface area contributed by atoms with Gasteiger partial charge in [0.2, 0.25) is 0 Å². The number of carbonyl (C=O) groups is 1. The molecule has 1 unspecified atom stereocenters. The Kier molecular flexibility index (Phi) is 5.21. The van der Waals surface area contributed by atoms with Crippen LogP contribution in [0.3, 0.4) is 0 Å². The summed E-state index contributed by atoms with van der Waals surface area (Å²) in [5, 5.41) is 2.85. The summed E-state index contributed by atoms with van der Waals surface area (Å²) in [6.45, 7) is 1.91. The summed E-state index contributed by atoms with van der Waals surface area (Å²) in [5.41, 5.74) is 0.754. The third-order valence-corrected chi connectivity index (χ3v) is 3.04. The Balaban J connectivity index is 2.07. The molecule has 4 heteroatoms. The fraction of sp³-hybridized carbons (Fsp3) is 0.235. The number of amides is 1. The zero-order chi connectivity index (χ0) is 15.1. The standard InChI is InChI=1S/C17H19NO3/c1-3-14(17(19)18-13-9-5-4-6-10-13)21-16-12-8-7-11-15(16)20-2/h4-12,14H,3H2,1-2H3,(H,18,19). The number of carbonyl (C=O) groups excluding carboxylic acids is 1. The number of benzene rings is 2. The number of para-hydroxylation sites is 3. The summed E-state index contributed by atoms with van der Waals surface area (Å²) >= 11 is 0. The first kappa shape index (κ1) is 14.9. The van der Waals surface area contributed by atoms with Gasteiger partial charge in [0, 0.05) is 5.69 Å². The van der Waals surface area contributed by atoms with Crippen molar-refractivity contribution in [1.29, 1.82) is 0 Å². The number of ether oxygens (including phenoxy) is 2. The van der Waals surface area contributed by atoms with Crippen LogP contribution >= 0.6 is 0 Å². The van der Waals surface area contributed by atoms with E-state index in [0.717, 1.165) is 5.69 Å². The van der Waals surface area contributed by atoms with Crippen molar-refractivity contribution in [2.45, 2.75) is 19.4 Å². The molecule has 1 atom stereocenters. The predicted octanol–water partition coefficient (Wildman–Crippen LogP) is 3.49. The average molecular weight is 285 g/mol. The lowest BCUT2D eigenvalue weighted by atomic mass is 10.2. The molecule has 0 aromatic heterocycles. The Bertz CT molecular complexity index is 584. The quantitative estimate of drug-likeness (QED) is 0.883. The number of nitrogens with one attached hydrogen (secondary N) is 1. The zero-order valence-electron chi connectivity index (χ0n) is 12.2. The molecular weight excluding hydrogens is 266 g/mol. The number of hydrogen-bond donors (Lipinski definition) is 1. The van der Waals surface area contributed by atoms with E-state index in [2.05, 4.69) is 5.32 Å². The summed E-state index contributed by atoms with van der Waals surface area (Å²) in [7, 11) is 1.58. The SMILES string of the molecule is CCC(Oc1ccccc1OC)C(=O)Nc1ccccc1. The second-order valence-corrected chi connectivity index (χ2v) is 4.52. The Morgan fingerprint density at radius 2 is 1.67 bits per heavy atom. The number of anilines is 1. The Morgan fingerprint density at radius 3 is 2.29 bits per heavy atom. The van der Waals surface area contributed by atoms with Crippen LogP contribution in [-0.2, 0) is 4.79 Å². The molecule has 0 aliphatic carbocycles. The van der Waals surface area contributed by atoms with Crippen molar-refractivity contribution in [3.05, 3.63) is 54.6 Å². The molecule has 0 spiro atoms. The maximum Gasteiger partial charge on any atom is 0.265 e. The van der Waals surface area contributed by atoms with E-state index in [-0.39, 0.29) is 5.91 Å². The van der Waals surface area contributed by atoms with Crippen molar-refractivity contribution in [3.8, 4) is 11.5 Å². The van der Waals surface area contributed by atoms with Crippen molar-refractivity contribution in [2.75, 3.05) is 12.4 Å². The molecule has 2 aromatic rings. The molecule has 0 radical (unpaired) electrons. The molecule has 0 fully saturated rings. The molecule has 110 valence electrons. The number of hydrogen-bond acceptors (Lipinski definition) is 3. The van der Waals surface area contributed by atoms with Crippen molar-refractivity contribution in [3.63, 3.8) is 0 Å². The average Bonchev–Trinajstić information content (AvgIpc) is 2.53. The van der Waals surface area contributed by atoms with E-state index in [0.29, 0.717) is 17.9 Å². The van der Waals surface area contributed by atoms with Crippen molar-refractivity contribution in [1.82, 2.24) is 0 Å². The van der Waals surface area contributed by atoms with Crippen LogP contribution in [0, 0.1) is 0 Å². The van der Waals surface area contributed by atoms with Crippen LogP contribution in [0.2, 0.25) is 0 Å². The van der Waals surface area contributed by atoms with Gasteiger partial charge in [0.15, 0.2) is 17.6 Å². The molecule has 21 heavy (non-hydrogen) atoms. The van der Waals surface area contributed by atoms with Gasteiger partial charge in [0.1, 0.15) is 0 Å². The third-order valence-electron chi connectivity index (χ3n) is 3.04. The highest BCUT2D eigenvalue weighted by atomic mass is 16.5. The molecule has 2 rings (SSSR count). The van der Waals surface area contributed by atoms with Gasteiger partial charge in [0.25, 0.3) is 5.91 Å². The van der Waals surface area contributed by atoms with Gasteiger partial charge in [-0.05, 0) is 30.7 Å². The second kappa shape index (κ2) is 7.33. The highest BCUT2D eigenvalue weighted by Crippen LogP contribution is 2.27. The molecule has 0 aliphatic rings. The smallest absolute Gasteiger partial charge is 0.265 e. The lowest BCUT2D eigenvalue weighted by Gasteiger charge is -2.18. The first-order valence-electron chi connectivity index (χ1n) is 6.90. The summed E-state index contributed by atoms with van der Waals surface area (Å²) in [5.74, 6) is 1.01. The van der Waals surface area contributed by atoms with Crippen molar-refractivity contribution < 1.29 is 14.3 Å². The first-order valence-corrected chi connectivity index (χ1v) is 6.90. The molecule has 1 N–H and O–H groups in total. The van der Waals surface area contributed by atoms with E-state index in [1.54, 1.807) is 19.2 Å². The zero-order valence-corrected chi connectivity index (χ0v) is 12.2. The largest absolute Gasteiger partial charge is 0.493 e. The first-order chi connectivity index (χ1) is 10.2. The Morgan fingerprint density at radius 1 is 1.05 bits per heavy atom. The summed E-state index contributed by atoms with van der Waals surface area (Å²) in [4.78, 5) is 12.3. The summed E-state index contributed by atoms with van der Waals surface area (Å²) < 4.78 is 11.0. The molecule has 1 amide bonds. The van der Waals surface area contributed by atoms with Crippen molar-refractivity contribution in [2.24, 2.45) is 0 Å². The molecule has 0 bridgehead atoms. The van der Waals surface area contributed by atoms with Gasteiger partial charge < -0.3 is 14.8 Å². The minimum absolute atomic E-state index is 0.172. The van der Waals surface area contributed by atoms with Gasteiger partial charge >= 0.3 is 0 Å². The summed E-state index contributed by atoms with van der Waals surface area (Å²) in [6, 6.07) is 16.6. The van der Waals surface area contributed by atoms with Crippen LogP contribution in [0.4, 0.5) is 5.69 Å². The van der Waals surface area contributed by atoms with E-state index in [1.165, 1.54) is 0 Å². The van der Waals surface area contributed by atoms with Gasteiger partial charge in [-0.1, -0.05) is 37.3 Å². The van der Waals surface area contributed by atoms with Gasteiger partial charge in [-0.3, -0.25) is 4.79 Å². The highest BCUT2D eigenvalue weighted by molar-refractivity contribution is 5.94. The minimum Gasteiger partial charge on any atom is -0.493 e. The molecule has 4 nitrogen and oxygen atoms in total. The van der Waals surface area contributed by atoms with Gasteiger partial charge in [0.05, 0.1) is 7.11 Å². The van der Waals surface area contributed by atoms with E-state index < -0.39 is 6.10 Å². The monoisotopic (exact) mass is 285 g/mol. The fourth-order valence-corrected chi connectivity index (χ4v) is 1.94. The Hall–Kier alpha value is -2.49. The van der Waals surface area contributed by atoms with Gasteiger partial charge in [-0.2, -0.15) is 0 Å². The Labute approximate surface area is 124 Å². The number of methoxy groups -OCH3 is 1. The lowest BCUT2D eigenvalue weighted by molar-refractivity contribution is -0.122. The lowest BCUT2D eigenvalue weighted by Crippen LogP contribution is -2.32. The molecule has 0 heterocycles. The van der Waals surface area contributed by atoms with E-state index in [4.69, 9.17) is 9.47 Å². The summed E-state index contributed by atoms with van der Waals surface area (Å²) in [6.07, 6.45) is -0.00186. The predicted molar refractivity (Wildman–Crippen MR) is 82.8 cm³/mol. The molecule has 0 aliphatic heterocycles.